The minimum Gasteiger partial charge on any atom is -0.394 e. The normalized spacial score (nSPS) is 26.4. The summed E-state index contributed by atoms with van der Waals surface area (Å²) in [5, 5.41) is 30.8. The van der Waals surface area contributed by atoms with Crippen molar-refractivity contribution < 1.29 is 20.1 Å². The predicted octanol–water partition coefficient (Wildman–Crippen LogP) is 3.11. The second-order valence-electron chi connectivity index (χ2n) is 8.21. The van der Waals surface area contributed by atoms with E-state index in [1.54, 1.807) is 28.1 Å². The largest absolute Gasteiger partial charge is 0.394 e. The van der Waals surface area contributed by atoms with Gasteiger partial charge in [0.25, 0.3) is 0 Å². The van der Waals surface area contributed by atoms with Crippen molar-refractivity contribution in [1.29, 1.82) is 0 Å². The van der Waals surface area contributed by atoms with Crippen molar-refractivity contribution in [1.82, 2.24) is 19.5 Å². The molecular formula is C23H20N4O4S2. The molecule has 0 radical (unpaired) electrons. The zero-order valence-electron chi connectivity index (χ0n) is 17.5. The summed E-state index contributed by atoms with van der Waals surface area (Å²) in [6.45, 7) is 1.07. The lowest BCUT2D eigenvalue weighted by atomic mass is 9.96. The van der Waals surface area contributed by atoms with Gasteiger partial charge in [0.05, 0.1) is 12.9 Å². The second kappa shape index (κ2) is 7.79. The molecule has 1 saturated heterocycles. The first-order valence-corrected chi connectivity index (χ1v) is 12.0. The zero-order valence-corrected chi connectivity index (χ0v) is 19.1. The van der Waals surface area contributed by atoms with Gasteiger partial charge in [0, 0.05) is 25.1 Å². The van der Waals surface area contributed by atoms with Crippen LogP contribution >= 0.6 is 23.5 Å². The van der Waals surface area contributed by atoms with E-state index < -0.39 is 30.6 Å². The van der Waals surface area contributed by atoms with Gasteiger partial charge in [0.2, 0.25) is 0 Å². The third-order valence-corrected chi connectivity index (χ3v) is 8.68. The fourth-order valence-corrected chi connectivity index (χ4v) is 6.73. The van der Waals surface area contributed by atoms with Crippen LogP contribution in [0.4, 0.5) is 0 Å². The van der Waals surface area contributed by atoms with Gasteiger partial charge in [-0.15, -0.1) is 0 Å². The van der Waals surface area contributed by atoms with Gasteiger partial charge in [-0.1, -0.05) is 47.8 Å². The molecule has 0 amide bonds. The molecule has 4 aromatic rings. The highest BCUT2D eigenvalue weighted by atomic mass is 32.2. The highest BCUT2D eigenvalue weighted by Crippen LogP contribution is 2.51. The van der Waals surface area contributed by atoms with Crippen LogP contribution in [0.5, 0.6) is 0 Å². The Morgan fingerprint density at radius 2 is 1.79 bits per heavy atom. The standard InChI is InChI=1S/C23H20N4O4S2/c1-23(30)20(29)13(9-28)31-22(23)27-11-26-18-17(24-10-25-21(18)27)12-5-4-8-16-19(12)33-15-7-3-2-6-14(15)32-16/h2-8,10-11,13,20,22,28-30H,9H2,1H3/t13-,20-,22-,23-/m1/s1. The first-order chi connectivity index (χ1) is 16.0. The monoisotopic (exact) mass is 480 g/mol. The molecule has 4 atom stereocenters. The van der Waals surface area contributed by atoms with E-state index >= 15 is 0 Å². The van der Waals surface area contributed by atoms with E-state index in [1.807, 2.05) is 24.3 Å². The molecule has 33 heavy (non-hydrogen) atoms. The molecule has 10 heteroatoms. The molecule has 0 unspecified atom stereocenters. The summed E-state index contributed by atoms with van der Waals surface area (Å²) in [5.41, 5.74) is 1.04. The number of aliphatic hydroxyl groups is 3. The van der Waals surface area contributed by atoms with Crippen LogP contribution in [-0.2, 0) is 4.74 Å². The summed E-state index contributed by atoms with van der Waals surface area (Å²) in [6, 6.07) is 14.4. The Hall–Kier alpha value is -2.47. The van der Waals surface area contributed by atoms with E-state index in [9.17, 15) is 15.3 Å². The molecule has 3 N–H and O–H groups in total. The van der Waals surface area contributed by atoms with Gasteiger partial charge in [-0.2, -0.15) is 0 Å². The van der Waals surface area contributed by atoms with E-state index in [0.29, 0.717) is 16.9 Å². The van der Waals surface area contributed by atoms with Crippen LogP contribution in [0.25, 0.3) is 22.4 Å². The molecule has 2 aliphatic heterocycles. The van der Waals surface area contributed by atoms with E-state index in [1.165, 1.54) is 29.4 Å². The molecule has 0 spiro atoms. The van der Waals surface area contributed by atoms with Gasteiger partial charge >= 0.3 is 0 Å². The highest BCUT2D eigenvalue weighted by Gasteiger charge is 2.53. The third-order valence-electron chi connectivity index (χ3n) is 6.06. The minimum atomic E-state index is -1.63. The van der Waals surface area contributed by atoms with Crippen molar-refractivity contribution in [3.8, 4) is 11.3 Å². The van der Waals surface area contributed by atoms with Crippen molar-refractivity contribution in [2.24, 2.45) is 0 Å². The average Bonchev–Trinajstić information content (AvgIpc) is 3.35. The zero-order chi connectivity index (χ0) is 22.7. The second-order valence-corrected chi connectivity index (χ2v) is 10.3. The number of rotatable bonds is 3. The number of hydrogen-bond acceptors (Lipinski definition) is 9. The van der Waals surface area contributed by atoms with E-state index in [-0.39, 0.29) is 0 Å². The Morgan fingerprint density at radius 1 is 1.03 bits per heavy atom. The van der Waals surface area contributed by atoms with Crippen LogP contribution in [0.15, 0.2) is 74.7 Å². The lowest BCUT2D eigenvalue weighted by molar-refractivity contribution is -0.0950. The van der Waals surface area contributed by atoms with Gasteiger partial charge < -0.3 is 20.1 Å². The van der Waals surface area contributed by atoms with Gasteiger partial charge in [-0.05, 0) is 25.1 Å². The highest BCUT2D eigenvalue weighted by molar-refractivity contribution is 8.05. The molecule has 1 fully saturated rings. The first kappa shape index (κ1) is 21.1. The number of ether oxygens (including phenoxy) is 1. The van der Waals surface area contributed by atoms with Crippen LogP contribution in [0.3, 0.4) is 0 Å². The quantitative estimate of drug-likeness (QED) is 0.358. The smallest absolute Gasteiger partial charge is 0.168 e. The maximum absolute atomic E-state index is 10.9. The Balaban J connectivity index is 1.47. The summed E-state index contributed by atoms with van der Waals surface area (Å²) in [7, 11) is 0. The number of hydrogen-bond donors (Lipinski definition) is 3. The number of aliphatic hydroxyl groups excluding tert-OH is 2. The molecule has 2 aliphatic rings. The van der Waals surface area contributed by atoms with Crippen LogP contribution in [0.1, 0.15) is 13.2 Å². The molecule has 4 heterocycles. The molecule has 0 bridgehead atoms. The lowest BCUT2D eigenvalue weighted by Crippen LogP contribution is -2.44. The Labute approximate surface area is 197 Å². The Kier molecular flexibility index (Phi) is 4.98. The summed E-state index contributed by atoms with van der Waals surface area (Å²) in [5.74, 6) is 0. The molecule has 0 saturated carbocycles. The Morgan fingerprint density at radius 3 is 2.55 bits per heavy atom. The maximum Gasteiger partial charge on any atom is 0.168 e. The molecule has 2 aromatic carbocycles. The molecule has 2 aromatic heterocycles. The van der Waals surface area contributed by atoms with Crippen molar-refractivity contribution in [3.63, 3.8) is 0 Å². The van der Waals surface area contributed by atoms with E-state index in [4.69, 9.17) is 4.74 Å². The van der Waals surface area contributed by atoms with Gasteiger partial charge in [-0.25, -0.2) is 15.0 Å². The van der Waals surface area contributed by atoms with Crippen molar-refractivity contribution in [2.45, 2.75) is 50.5 Å². The van der Waals surface area contributed by atoms with Crippen LogP contribution in [0.2, 0.25) is 0 Å². The third kappa shape index (κ3) is 3.21. The summed E-state index contributed by atoms with van der Waals surface area (Å²) < 4.78 is 7.36. The molecule has 6 rings (SSSR count). The van der Waals surface area contributed by atoms with Gasteiger partial charge in [-0.3, -0.25) is 4.57 Å². The van der Waals surface area contributed by atoms with Crippen LogP contribution < -0.4 is 0 Å². The molecule has 0 aliphatic carbocycles. The number of fused-ring (bicyclic) bond motifs is 3. The van der Waals surface area contributed by atoms with Crippen molar-refractivity contribution in [2.75, 3.05) is 6.61 Å². The van der Waals surface area contributed by atoms with Crippen LogP contribution in [0, 0.1) is 0 Å². The summed E-state index contributed by atoms with van der Waals surface area (Å²) >= 11 is 3.44. The topological polar surface area (TPSA) is 114 Å². The number of benzene rings is 2. The van der Waals surface area contributed by atoms with E-state index in [2.05, 4.69) is 33.2 Å². The summed E-state index contributed by atoms with van der Waals surface area (Å²) in [6.07, 6.45) is -0.118. The maximum atomic E-state index is 10.9. The predicted molar refractivity (Wildman–Crippen MR) is 123 cm³/mol. The van der Waals surface area contributed by atoms with Crippen molar-refractivity contribution >= 4 is 34.7 Å². The minimum absolute atomic E-state index is 0.410. The van der Waals surface area contributed by atoms with Gasteiger partial charge in [0.15, 0.2) is 11.9 Å². The molecular weight excluding hydrogens is 460 g/mol. The lowest BCUT2D eigenvalue weighted by Gasteiger charge is -2.27. The number of aromatic nitrogens is 4. The van der Waals surface area contributed by atoms with Crippen LogP contribution in [-0.4, -0.2) is 59.3 Å². The fourth-order valence-electron chi connectivity index (χ4n) is 4.35. The summed E-state index contributed by atoms with van der Waals surface area (Å²) in [4.78, 5) is 18.2. The first-order valence-electron chi connectivity index (χ1n) is 10.4. The average molecular weight is 481 g/mol. The SMILES string of the molecule is C[C@@]1(O)[C@H](O)[C@@H](CO)O[C@H]1n1cnc2c(-c3cccc4c3Sc3ccccc3S4)ncnc21. The fraction of sp³-hybridized carbons (Fsp3) is 0.261. The molecule has 168 valence electrons. The molecule has 8 nitrogen and oxygen atoms in total. The van der Waals surface area contributed by atoms with E-state index in [0.717, 1.165) is 15.4 Å². The van der Waals surface area contributed by atoms with Crippen molar-refractivity contribution in [3.05, 3.63) is 55.1 Å². The number of nitrogens with zero attached hydrogens (tertiary/aromatic N) is 4. The number of imidazole rings is 1. The van der Waals surface area contributed by atoms with Gasteiger partial charge in [0.1, 0.15) is 35.3 Å². The Bertz CT molecular complexity index is 1380.